The minimum absolute atomic E-state index is 0.127. The van der Waals surface area contributed by atoms with Gasteiger partial charge in [-0.3, -0.25) is 4.72 Å². The van der Waals surface area contributed by atoms with Crippen molar-refractivity contribution in [2.75, 3.05) is 4.72 Å². The third kappa shape index (κ3) is 3.26. The molecule has 23 heavy (non-hydrogen) atoms. The molecule has 0 aliphatic rings. The first kappa shape index (κ1) is 15.7. The van der Waals surface area contributed by atoms with E-state index in [0.29, 0.717) is 22.6 Å². The van der Waals surface area contributed by atoms with E-state index in [1.165, 1.54) is 18.3 Å². The van der Waals surface area contributed by atoms with Crippen LogP contribution in [0.4, 0.5) is 5.82 Å². The molecule has 6 nitrogen and oxygen atoms in total. The summed E-state index contributed by atoms with van der Waals surface area (Å²) in [6.07, 6.45) is 1.33. The zero-order valence-corrected chi connectivity index (χ0v) is 13.5. The van der Waals surface area contributed by atoms with Gasteiger partial charge in [0, 0.05) is 6.54 Å². The molecule has 0 saturated carbocycles. The number of hydrogen-bond acceptors (Lipinski definition) is 5. The number of nitrogens with zero attached hydrogens (tertiary/aromatic N) is 2. The van der Waals surface area contributed by atoms with Gasteiger partial charge < -0.3 is 5.73 Å². The zero-order valence-electron chi connectivity index (χ0n) is 11.9. The maximum Gasteiger partial charge on any atom is 0.263 e. The molecule has 3 N–H and O–H groups in total. The number of sulfonamides is 1. The van der Waals surface area contributed by atoms with Crippen LogP contribution >= 0.6 is 11.6 Å². The average Bonchev–Trinajstić information content (AvgIpc) is 2.54. The second kappa shape index (κ2) is 6.11. The van der Waals surface area contributed by atoms with Gasteiger partial charge in [-0.15, -0.1) is 0 Å². The Morgan fingerprint density at radius 1 is 1.13 bits per heavy atom. The van der Waals surface area contributed by atoms with Crippen LogP contribution in [0, 0.1) is 0 Å². The highest BCUT2D eigenvalue weighted by atomic mass is 35.5. The summed E-state index contributed by atoms with van der Waals surface area (Å²) in [6.45, 7) is 0.352. The molecule has 0 spiro atoms. The molecule has 0 aliphatic heterocycles. The first-order valence-electron chi connectivity index (χ1n) is 6.73. The summed E-state index contributed by atoms with van der Waals surface area (Å²) in [5.41, 5.74) is 7.38. The van der Waals surface area contributed by atoms with Crippen molar-refractivity contribution in [2.45, 2.75) is 11.4 Å². The lowest BCUT2D eigenvalue weighted by atomic mass is 10.2. The molecule has 0 radical (unpaired) electrons. The second-order valence-electron chi connectivity index (χ2n) is 4.82. The number of fused-ring (bicyclic) bond motifs is 1. The van der Waals surface area contributed by atoms with Crippen LogP contribution < -0.4 is 10.5 Å². The molecular weight excluding hydrogens is 336 g/mol. The minimum atomic E-state index is -3.74. The van der Waals surface area contributed by atoms with E-state index in [1.54, 1.807) is 30.3 Å². The summed E-state index contributed by atoms with van der Waals surface area (Å²) in [6, 6.07) is 11.5. The largest absolute Gasteiger partial charge is 0.326 e. The molecule has 0 unspecified atom stereocenters. The number of benzene rings is 2. The maximum atomic E-state index is 12.4. The Bertz CT molecular complexity index is 959. The standard InChI is InChI=1S/C15H13ClN4O2S/c16-12-2-1-3-13-15(12)18-9-14(19-13)20-23(21,22)11-6-4-10(8-17)5-7-11/h1-7,9H,8,17H2,(H,19,20). The van der Waals surface area contributed by atoms with Crippen LogP contribution in [0.1, 0.15) is 5.56 Å². The predicted octanol–water partition coefficient (Wildman–Crippen LogP) is 2.54. The normalized spacial score (nSPS) is 11.6. The van der Waals surface area contributed by atoms with Gasteiger partial charge in [-0.05, 0) is 29.8 Å². The van der Waals surface area contributed by atoms with Crippen LogP contribution in [-0.4, -0.2) is 18.4 Å². The SMILES string of the molecule is NCc1ccc(S(=O)(=O)Nc2cnc3c(Cl)cccc3n2)cc1. The number of hydrogen-bond donors (Lipinski definition) is 2. The molecule has 3 aromatic rings. The molecule has 118 valence electrons. The van der Waals surface area contributed by atoms with Gasteiger partial charge >= 0.3 is 0 Å². The monoisotopic (exact) mass is 348 g/mol. The highest BCUT2D eigenvalue weighted by molar-refractivity contribution is 7.92. The Morgan fingerprint density at radius 3 is 2.57 bits per heavy atom. The van der Waals surface area contributed by atoms with Gasteiger partial charge in [-0.2, -0.15) is 0 Å². The topological polar surface area (TPSA) is 98.0 Å². The van der Waals surface area contributed by atoms with Crippen molar-refractivity contribution in [3.63, 3.8) is 0 Å². The van der Waals surface area contributed by atoms with Crippen molar-refractivity contribution < 1.29 is 8.42 Å². The smallest absolute Gasteiger partial charge is 0.263 e. The Kier molecular flexibility index (Phi) is 4.16. The van der Waals surface area contributed by atoms with E-state index >= 15 is 0 Å². The van der Waals surface area contributed by atoms with E-state index in [-0.39, 0.29) is 10.7 Å². The first-order valence-corrected chi connectivity index (χ1v) is 8.59. The van der Waals surface area contributed by atoms with Crippen LogP contribution in [0.5, 0.6) is 0 Å². The van der Waals surface area contributed by atoms with Crippen LogP contribution in [0.2, 0.25) is 5.02 Å². The molecule has 0 saturated heterocycles. The third-order valence-corrected chi connectivity index (χ3v) is 4.91. The first-order chi connectivity index (χ1) is 11.0. The van der Waals surface area contributed by atoms with Crippen molar-refractivity contribution in [3.8, 4) is 0 Å². The van der Waals surface area contributed by atoms with Crippen molar-refractivity contribution >= 4 is 38.5 Å². The predicted molar refractivity (Wildman–Crippen MR) is 89.7 cm³/mol. The van der Waals surface area contributed by atoms with E-state index in [1.807, 2.05) is 0 Å². The van der Waals surface area contributed by atoms with E-state index in [2.05, 4.69) is 14.7 Å². The third-order valence-electron chi connectivity index (χ3n) is 3.23. The van der Waals surface area contributed by atoms with Gasteiger partial charge in [0.2, 0.25) is 0 Å². The quantitative estimate of drug-likeness (QED) is 0.755. The fraction of sp³-hybridized carbons (Fsp3) is 0.0667. The van der Waals surface area contributed by atoms with Crippen LogP contribution in [0.25, 0.3) is 11.0 Å². The van der Waals surface area contributed by atoms with Gasteiger partial charge in [-0.25, -0.2) is 18.4 Å². The lowest BCUT2D eigenvalue weighted by Gasteiger charge is -2.08. The van der Waals surface area contributed by atoms with Gasteiger partial charge in [0.05, 0.1) is 21.6 Å². The highest BCUT2D eigenvalue weighted by Crippen LogP contribution is 2.22. The van der Waals surface area contributed by atoms with Gasteiger partial charge in [0.25, 0.3) is 10.0 Å². The average molecular weight is 349 g/mol. The van der Waals surface area contributed by atoms with Crippen LogP contribution in [0.3, 0.4) is 0 Å². The van der Waals surface area contributed by atoms with Crippen molar-refractivity contribution in [1.29, 1.82) is 0 Å². The van der Waals surface area contributed by atoms with Crippen LogP contribution in [0.15, 0.2) is 53.6 Å². The highest BCUT2D eigenvalue weighted by Gasteiger charge is 2.15. The van der Waals surface area contributed by atoms with Gasteiger partial charge in [-0.1, -0.05) is 29.8 Å². The number of aromatic nitrogens is 2. The molecule has 0 fully saturated rings. The van der Waals surface area contributed by atoms with E-state index in [9.17, 15) is 8.42 Å². The van der Waals surface area contributed by atoms with Crippen LogP contribution in [-0.2, 0) is 16.6 Å². The molecule has 1 heterocycles. The Balaban J connectivity index is 1.93. The minimum Gasteiger partial charge on any atom is -0.326 e. The molecule has 1 aromatic heterocycles. The van der Waals surface area contributed by atoms with Crippen molar-refractivity contribution in [1.82, 2.24) is 9.97 Å². The second-order valence-corrected chi connectivity index (χ2v) is 6.91. The summed E-state index contributed by atoms with van der Waals surface area (Å²) in [7, 11) is -3.74. The molecule has 0 atom stereocenters. The summed E-state index contributed by atoms with van der Waals surface area (Å²) < 4.78 is 27.1. The molecule has 2 aromatic carbocycles. The molecule has 3 rings (SSSR count). The molecular formula is C15H13ClN4O2S. The maximum absolute atomic E-state index is 12.4. The Labute approximate surface area is 138 Å². The molecule has 8 heteroatoms. The molecule has 0 aliphatic carbocycles. The van der Waals surface area contributed by atoms with E-state index in [4.69, 9.17) is 17.3 Å². The number of para-hydroxylation sites is 1. The van der Waals surface area contributed by atoms with Crippen molar-refractivity contribution in [3.05, 3.63) is 59.2 Å². The number of rotatable bonds is 4. The van der Waals surface area contributed by atoms with E-state index < -0.39 is 10.0 Å². The number of nitrogens with one attached hydrogen (secondary N) is 1. The zero-order chi connectivity index (χ0) is 16.4. The molecule has 0 bridgehead atoms. The van der Waals surface area contributed by atoms with Gasteiger partial charge in [0.1, 0.15) is 5.52 Å². The molecule has 0 amide bonds. The Hall–Kier alpha value is -2.22. The summed E-state index contributed by atoms with van der Waals surface area (Å²) in [5, 5.41) is 0.460. The lowest BCUT2D eigenvalue weighted by Crippen LogP contribution is -2.14. The van der Waals surface area contributed by atoms with E-state index in [0.717, 1.165) is 5.56 Å². The summed E-state index contributed by atoms with van der Waals surface area (Å²) in [5.74, 6) is 0.127. The Morgan fingerprint density at radius 2 is 1.87 bits per heavy atom. The number of halogens is 1. The van der Waals surface area contributed by atoms with Gasteiger partial charge in [0.15, 0.2) is 5.82 Å². The summed E-state index contributed by atoms with van der Waals surface area (Å²) >= 11 is 6.02. The fourth-order valence-electron chi connectivity index (χ4n) is 2.06. The number of anilines is 1. The summed E-state index contributed by atoms with van der Waals surface area (Å²) in [4.78, 5) is 8.50. The lowest BCUT2D eigenvalue weighted by molar-refractivity contribution is 0.601. The van der Waals surface area contributed by atoms with Crippen molar-refractivity contribution in [2.24, 2.45) is 5.73 Å². The fourth-order valence-corrected chi connectivity index (χ4v) is 3.26. The number of nitrogens with two attached hydrogens (primary N) is 1.